The van der Waals surface area contributed by atoms with Crippen molar-refractivity contribution in [2.24, 2.45) is 5.73 Å². The molecule has 1 aromatic rings. The van der Waals surface area contributed by atoms with Crippen molar-refractivity contribution >= 4 is 0 Å². The molecule has 1 aromatic heterocycles. The van der Waals surface area contributed by atoms with Crippen molar-refractivity contribution in [3.63, 3.8) is 0 Å². The van der Waals surface area contributed by atoms with Crippen molar-refractivity contribution in [2.45, 2.75) is 12.5 Å². The zero-order valence-electron chi connectivity index (χ0n) is 6.57. The normalized spacial score (nSPS) is 12.9. The SMILES string of the molecule is N[C@@H](CCO)c1cncc(F)c1. The Balaban J connectivity index is 2.73. The monoisotopic (exact) mass is 170 g/mol. The first-order valence-electron chi connectivity index (χ1n) is 3.71. The van der Waals surface area contributed by atoms with Crippen LogP contribution in [0.3, 0.4) is 0 Å². The van der Waals surface area contributed by atoms with Gasteiger partial charge in [-0.25, -0.2) is 4.39 Å². The van der Waals surface area contributed by atoms with Gasteiger partial charge in [0.25, 0.3) is 0 Å². The number of halogens is 1. The number of rotatable bonds is 3. The number of aliphatic hydroxyl groups is 1. The zero-order chi connectivity index (χ0) is 8.97. The summed E-state index contributed by atoms with van der Waals surface area (Å²) in [5.41, 5.74) is 6.22. The molecule has 0 aliphatic heterocycles. The summed E-state index contributed by atoms with van der Waals surface area (Å²) in [6.07, 6.45) is 3.05. The molecule has 12 heavy (non-hydrogen) atoms. The summed E-state index contributed by atoms with van der Waals surface area (Å²) in [7, 11) is 0. The molecule has 0 radical (unpaired) electrons. The number of aliphatic hydroxyl groups excluding tert-OH is 1. The van der Waals surface area contributed by atoms with Crippen LogP contribution in [-0.4, -0.2) is 16.7 Å². The van der Waals surface area contributed by atoms with Gasteiger partial charge in [0, 0.05) is 18.8 Å². The Hall–Kier alpha value is -1.00. The number of pyridine rings is 1. The van der Waals surface area contributed by atoms with E-state index in [0.29, 0.717) is 12.0 Å². The van der Waals surface area contributed by atoms with Crippen LogP contribution in [0.15, 0.2) is 18.5 Å². The lowest BCUT2D eigenvalue weighted by atomic mass is 10.1. The summed E-state index contributed by atoms with van der Waals surface area (Å²) >= 11 is 0. The fourth-order valence-corrected chi connectivity index (χ4v) is 0.937. The largest absolute Gasteiger partial charge is 0.396 e. The van der Waals surface area contributed by atoms with E-state index < -0.39 is 5.82 Å². The van der Waals surface area contributed by atoms with Crippen molar-refractivity contribution in [1.82, 2.24) is 4.98 Å². The van der Waals surface area contributed by atoms with Gasteiger partial charge in [0.1, 0.15) is 5.82 Å². The van der Waals surface area contributed by atoms with E-state index in [9.17, 15) is 4.39 Å². The maximum absolute atomic E-state index is 12.6. The molecule has 1 rings (SSSR count). The van der Waals surface area contributed by atoms with Gasteiger partial charge in [-0.2, -0.15) is 0 Å². The van der Waals surface area contributed by atoms with Crippen molar-refractivity contribution in [1.29, 1.82) is 0 Å². The van der Waals surface area contributed by atoms with Crippen LogP contribution in [-0.2, 0) is 0 Å². The Bertz CT molecular complexity index is 255. The van der Waals surface area contributed by atoms with E-state index in [0.717, 1.165) is 6.20 Å². The number of nitrogens with two attached hydrogens (primary N) is 1. The van der Waals surface area contributed by atoms with E-state index in [1.165, 1.54) is 12.3 Å². The molecule has 0 aliphatic rings. The van der Waals surface area contributed by atoms with Crippen LogP contribution in [0.5, 0.6) is 0 Å². The average molecular weight is 170 g/mol. The van der Waals surface area contributed by atoms with E-state index >= 15 is 0 Å². The summed E-state index contributed by atoms with van der Waals surface area (Å²) in [4.78, 5) is 3.65. The van der Waals surface area contributed by atoms with Crippen LogP contribution in [0.1, 0.15) is 18.0 Å². The minimum absolute atomic E-state index is 0.00230. The van der Waals surface area contributed by atoms with Gasteiger partial charge in [0.2, 0.25) is 0 Å². The maximum Gasteiger partial charge on any atom is 0.141 e. The van der Waals surface area contributed by atoms with Gasteiger partial charge in [-0.15, -0.1) is 0 Å². The zero-order valence-corrected chi connectivity index (χ0v) is 6.57. The summed E-state index contributed by atoms with van der Waals surface area (Å²) in [6, 6.07) is 0.992. The third-order valence-electron chi connectivity index (χ3n) is 1.59. The number of nitrogens with zero attached hydrogens (tertiary/aromatic N) is 1. The van der Waals surface area contributed by atoms with Crippen LogP contribution >= 0.6 is 0 Å². The molecular formula is C8H11FN2O. The molecule has 0 unspecified atom stereocenters. The molecular weight excluding hydrogens is 159 g/mol. The number of hydrogen-bond donors (Lipinski definition) is 2. The minimum atomic E-state index is -0.402. The molecule has 66 valence electrons. The first-order chi connectivity index (χ1) is 5.74. The van der Waals surface area contributed by atoms with Crippen LogP contribution in [0.4, 0.5) is 4.39 Å². The molecule has 0 saturated carbocycles. The lowest BCUT2D eigenvalue weighted by molar-refractivity contribution is 0.276. The molecule has 1 heterocycles. The van der Waals surface area contributed by atoms with Gasteiger partial charge < -0.3 is 10.8 Å². The molecule has 0 saturated heterocycles. The van der Waals surface area contributed by atoms with E-state index in [-0.39, 0.29) is 12.6 Å². The summed E-state index contributed by atoms with van der Waals surface area (Å²) in [6.45, 7) is -0.00230. The molecule has 1 atom stereocenters. The fourth-order valence-electron chi connectivity index (χ4n) is 0.937. The Morgan fingerprint density at radius 3 is 2.92 bits per heavy atom. The third-order valence-corrected chi connectivity index (χ3v) is 1.59. The van der Waals surface area contributed by atoms with E-state index in [4.69, 9.17) is 10.8 Å². The molecule has 0 aliphatic carbocycles. The summed E-state index contributed by atoms with van der Waals surface area (Å²) in [5.74, 6) is -0.402. The Morgan fingerprint density at radius 2 is 2.33 bits per heavy atom. The van der Waals surface area contributed by atoms with E-state index in [1.54, 1.807) is 0 Å². The van der Waals surface area contributed by atoms with Gasteiger partial charge >= 0.3 is 0 Å². The van der Waals surface area contributed by atoms with Gasteiger partial charge in [0.15, 0.2) is 0 Å². The number of hydrogen-bond acceptors (Lipinski definition) is 3. The average Bonchev–Trinajstić information content (AvgIpc) is 2.05. The van der Waals surface area contributed by atoms with E-state index in [2.05, 4.69) is 4.98 Å². The van der Waals surface area contributed by atoms with Crippen LogP contribution in [0.2, 0.25) is 0 Å². The van der Waals surface area contributed by atoms with Gasteiger partial charge in [-0.05, 0) is 18.1 Å². The third kappa shape index (κ3) is 2.25. The Labute approximate surface area is 70.0 Å². The molecule has 0 spiro atoms. The van der Waals surface area contributed by atoms with Crippen molar-refractivity contribution in [3.05, 3.63) is 29.8 Å². The molecule has 3 N–H and O–H groups in total. The molecule has 4 heteroatoms. The molecule has 3 nitrogen and oxygen atoms in total. The molecule has 0 bridgehead atoms. The van der Waals surface area contributed by atoms with Gasteiger partial charge in [0.05, 0.1) is 6.20 Å². The quantitative estimate of drug-likeness (QED) is 0.698. The molecule has 0 amide bonds. The van der Waals surface area contributed by atoms with Crippen molar-refractivity contribution in [3.8, 4) is 0 Å². The van der Waals surface area contributed by atoms with E-state index in [1.807, 2.05) is 0 Å². The second-order valence-electron chi connectivity index (χ2n) is 2.56. The highest BCUT2D eigenvalue weighted by Gasteiger charge is 2.05. The predicted octanol–water partition coefficient (Wildman–Crippen LogP) is 0.603. The lowest BCUT2D eigenvalue weighted by Gasteiger charge is -2.08. The van der Waals surface area contributed by atoms with Gasteiger partial charge in [-0.3, -0.25) is 4.98 Å². The fraction of sp³-hybridized carbons (Fsp3) is 0.375. The molecule has 0 aromatic carbocycles. The van der Waals surface area contributed by atoms with Crippen LogP contribution in [0.25, 0.3) is 0 Å². The smallest absolute Gasteiger partial charge is 0.141 e. The standard InChI is InChI=1S/C8H11FN2O/c9-7-3-6(4-11-5-7)8(10)1-2-12/h3-5,8,12H,1-2,10H2/t8-/m0/s1. The lowest BCUT2D eigenvalue weighted by Crippen LogP contribution is -2.12. The van der Waals surface area contributed by atoms with Crippen molar-refractivity contribution < 1.29 is 9.50 Å². The topological polar surface area (TPSA) is 59.1 Å². The second-order valence-corrected chi connectivity index (χ2v) is 2.56. The summed E-state index contributed by atoms with van der Waals surface area (Å²) < 4.78 is 12.6. The second kappa shape index (κ2) is 4.13. The first kappa shape index (κ1) is 9.09. The minimum Gasteiger partial charge on any atom is -0.396 e. The maximum atomic E-state index is 12.6. The highest BCUT2D eigenvalue weighted by Crippen LogP contribution is 2.12. The molecule has 0 fully saturated rings. The Morgan fingerprint density at radius 1 is 1.58 bits per heavy atom. The van der Waals surface area contributed by atoms with Gasteiger partial charge in [-0.1, -0.05) is 0 Å². The number of aromatic nitrogens is 1. The first-order valence-corrected chi connectivity index (χ1v) is 3.71. The predicted molar refractivity (Wildman–Crippen MR) is 42.8 cm³/mol. The van der Waals surface area contributed by atoms with Crippen molar-refractivity contribution in [2.75, 3.05) is 6.61 Å². The Kier molecular flexibility index (Phi) is 3.13. The van der Waals surface area contributed by atoms with Crippen LogP contribution < -0.4 is 5.73 Å². The highest BCUT2D eigenvalue weighted by molar-refractivity contribution is 5.14. The summed E-state index contributed by atoms with van der Waals surface area (Å²) in [5, 5.41) is 8.57. The van der Waals surface area contributed by atoms with Crippen LogP contribution in [0, 0.1) is 5.82 Å². The highest BCUT2D eigenvalue weighted by atomic mass is 19.1.